The van der Waals surface area contributed by atoms with Crippen LogP contribution >= 0.6 is 0 Å². The third-order valence-corrected chi connectivity index (χ3v) is 1.41. The van der Waals surface area contributed by atoms with Gasteiger partial charge in [0.1, 0.15) is 5.56 Å². The highest BCUT2D eigenvalue weighted by Gasteiger charge is 2.15. The van der Waals surface area contributed by atoms with Gasteiger partial charge in [0.25, 0.3) is 0 Å². The summed E-state index contributed by atoms with van der Waals surface area (Å²) in [7, 11) is 1.58. The van der Waals surface area contributed by atoms with Crippen molar-refractivity contribution in [1.82, 2.24) is 9.78 Å². The molecule has 68 valence electrons. The first-order valence-electron chi connectivity index (χ1n) is 3.48. The minimum atomic E-state index is -1.08. The molecule has 0 saturated heterocycles. The highest BCUT2D eigenvalue weighted by Crippen LogP contribution is 2.16. The Bertz CT molecular complexity index is 362. The third-order valence-electron chi connectivity index (χ3n) is 1.41. The fourth-order valence-electron chi connectivity index (χ4n) is 0.854. The van der Waals surface area contributed by atoms with E-state index >= 15 is 0 Å². The Morgan fingerprint density at radius 3 is 3.15 bits per heavy atom. The van der Waals surface area contributed by atoms with Gasteiger partial charge in [-0.25, -0.2) is 9.48 Å². The number of rotatable bonds is 3. The van der Waals surface area contributed by atoms with Crippen molar-refractivity contribution in [3.8, 4) is 18.2 Å². The summed E-state index contributed by atoms with van der Waals surface area (Å²) in [5, 5.41) is 12.4. The maximum absolute atomic E-state index is 10.6. The lowest BCUT2D eigenvalue weighted by molar-refractivity contribution is 0.0692. The predicted molar refractivity (Wildman–Crippen MR) is 44.5 cm³/mol. The molecule has 0 bridgehead atoms. The van der Waals surface area contributed by atoms with E-state index in [1.807, 2.05) is 0 Å². The third kappa shape index (κ3) is 1.79. The van der Waals surface area contributed by atoms with Gasteiger partial charge in [-0.15, -0.1) is 6.42 Å². The van der Waals surface area contributed by atoms with Gasteiger partial charge in [-0.2, -0.15) is 5.10 Å². The van der Waals surface area contributed by atoms with Crippen molar-refractivity contribution in [2.75, 3.05) is 6.61 Å². The second-order valence-electron chi connectivity index (χ2n) is 2.28. The number of aromatic nitrogens is 2. The lowest BCUT2D eigenvalue weighted by Crippen LogP contribution is -2.05. The van der Waals surface area contributed by atoms with E-state index in [4.69, 9.17) is 16.3 Å². The highest BCUT2D eigenvalue weighted by atomic mass is 16.5. The van der Waals surface area contributed by atoms with Crippen LogP contribution in [-0.4, -0.2) is 27.5 Å². The van der Waals surface area contributed by atoms with Crippen molar-refractivity contribution in [3.63, 3.8) is 0 Å². The van der Waals surface area contributed by atoms with Crippen LogP contribution in [0.15, 0.2) is 6.20 Å². The van der Waals surface area contributed by atoms with E-state index in [0.29, 0.717) is 0 Å². The van der Waals surface area contributed by atoms with Crippen molar-refractivity contribution in [1.29, 1.82) is 0 Å². The van der Waals surface area contributed by atoms with Crippen LogP contribution in [0, 0.1) is 12.3 Å². The quantitative estimate of drug-likeness (QED) is 0.671. The Morgan fingerprint density at radius 1 is 1.92 bits per heavy atom. The van der Waals surface area contributed by atoms with Crippen LogP contribution in [0.5, 0.6) is 5.88 Å². The normalized spacial score (nSPS) is 9.23. The molecule has 5 heteroatoms. The van der Waals surface area contributed by atoms with Crippen molar-refractivity contribution >= 4 is 5.97 Å². The number of aryl methyl sites for hydroxylation is 1. The molecule has 0 amide bonds. The number of hydrogen-bond donors (Lipinski definition) is 1. The molecular weight excluding hydrogens is 172 g/mol. The van der Waals surface area contributed by atoms with Gasteiger partial charge in [-0.3, -0.25) is 0 Å². The van der Waals surface area contributed by atoms with Crippen LogP contribution in [0.4, 0.5) is 0 Å². The van der Waals surface area contributed by atoms with Gasteiger partial charge in [0.05, 0.1) is 6.20 Å². The molecule has 0 aromatic carbocycles. The molecule has 1 aromatic rings. The minimum absolute atomic E-state index is 0.0118. The van der Waals surface area contributed by atoms with Crippen LogP contribution in [0.2, 0.25) is 0 Å². The number of nitrogens with zero attached hydrogens (tertiary/aromatic N) is 2. The van der Waals surface area contributed by atoms with E-state index in [-0.39, 0.29) is 18.1 Å². The smallest absolute Gasteiger partial charge is 0.342 e. The Hall–Kier alpha value is -1.96. The number of aromatic carboxylic acids is 1. The zero-order valence-corrected chi connectivity index (χ0v) is 7.02. The zero-order valence-electron chi connectivity index (χ0n) is 7.02. The molecule has 1 heterocycles. The summed E-state index contributed by atoms with van der Waals surface area (Å²) < 4.78 is 6.32. The van der Waals surface area contributed by atoms with Crippen LogP contribution in [0.1, 0.15) is 10.4 Å². The van der Waals surface area contributed by atoms with Gasteiger partial charge in [-0.1, -0.05) is 5.92 Å². The molecule has 0 spiro atoms. The van der Waals surface area contributed by atoms with Gasteiger partial charge < -0.3 is 9.84 Å². The van der Waals surface area contributed by atoms with E-state index in [2.05, 4.69) is 11.0 Å². The number of terminal acetylenes is 1. The Kier molecular flexibility index (Phi) is 2.55. The molecule has 0 radical (unpaired) electrons. The van der Waals surface area contributed by atoms with Crippen LogP contribution in [0.25, 0.3) is 0 Å². The molecular formula is C8H8N2O3. The molecule has 1 N–H and O–H groups in total. The number of carbonyl (C=O) groups is 1. The summed E-state index contributed by atoms with van der Waals surface area (Å²) in [6.07, 6.45) is 6.19. The van der Waals surface area contributed by atoms with Gasteiger partial charge in [0, 0.05) is 7.05 Å². The molecule has 0 aliphatic carbocycles. The van der Waals surface area contributed by atoms with Crippen LogP contribution in [-0.2, 0) is 7.05 Å². The van der Waals surface area contributed by atoms with Crippen molar-refractivity contribution in [3.05, 3.63) is 11.8 Å². The maximum Gasteiger partial charge on any atom is 0.342 e. The molecule has 13 heavy (non-hydrogen) atoms. The molecule has 1 rings (SSSR count). The Labute approximate surface area is 74.9 Å². The average Bonchev–Trinajstić information content (AvgIpc) is 2.43. The molecule has 0 aliphatic rings. The summed E-state index contributed by atoms with van der Waals surface area (Å²) in [4.78, 5) is 10.6. The predicted octanol–water partition coefficient (Wildman–Crippen LogP) is 0.130. The number of carboxylic acids is 1. The van der Waals surface area contributed by atoms with Crippen molar-refractivity contribution < 1.29 is 14.6 Å². The van der Waals surface area contributed by atoms with E-state index in [0.717, 1.165) is 0 Å². The van der Waals surface area contributed by atoms with E-state index in [1.54, 1.807) is 7.05 Å². The number of hydrogen-bond acceptors (Lipinski definition) is 3. The standard InChI is InChI=1S/C8H8N2O3/c1-3-4-13-7-6(8(11)12)5-9-10(7)2/h1,5H,4H2,2H3,(H,11,12). The first-order chi connectivity index (χ1) is 6.16. The first-order valence-corrected chi connectivity index (χ1v) is 3.48. The summed E-state index contributed by atoms with van der Waals surface area (Å²) >= 11 is 0. The van der Waals surface area contributed by atoms with Crippen molar-refractivity contribution in [2.45, 2.75) is 0 Å². The van der Waals surface area contributed by atoms with Gasteiger partial charge in [-0.05, 0) is 0 Å². The number of carboxylic acid groups (broad SMARTS) is 1. The molecule has 1 aromatic heterocycles. The van der Waals surface area contributed by atoms with Gasteiger partial charge in [0.15, 0.2) is 6.61 Å². The maximum atomic E-state index is 10.6. The molecule has 0 fully saturated rings. The van der Waals surface area contributed by atoms with E-state index in [1.165, 1.54) is 10.9 Å². The second-order valence-corrected chi connectivity index (χ2v) is 2.28. The Balaban J connectivity index is 2.96. The lowest BCUT2D eigenvalue weighted by atomic mass is 10.3. The van der Waals surface area contributed by atoms with Gasteiger partial charge in [0.2, 0.25) is 5.88 Å². The summed E-state index contributed by atoms with van der Waals surface area (Å²) in [6, 6.07) is 0. The van der Waals surface area contributed by atoms with Gasteiger partial charge >= 0.3 is 5.97 Å². The molecule has 0 atom stereocenters. The van der Waals surface area contributed by atoms with Crippen molar-refractivity contribution in [2.24, 2.45) is 7.05 Å². The Morgan fingerprint density at radius 2 is 2.62 bits per heavy atom. The fourth-order valence-corrected chi connectivity index (χ4v) is 0.854. The molecule has 0 saturated carbocycles. The monoisotopic (exact) mass is 180 g/mol. The lowest BCUT2D eigenvalue weighted by Gasteiger charge is -2.02. The summed E-state index contributed by atoms with van der Waals surface area (Å²) in [5.74, 6) is 1.33. The van der Waals surface area contributed by atoms with E-state index in [9.17, 15) is 4.79 Å². The first kappa shape index (κ1) is 9.13. The van der Waals surface area contributed by atoms with Crippen LogP contribution in [0.3, 0.4) is 0 Å². The summed E-state index contributed by atoms with van der Waals surface area (Å²) in [6.45, 7) is 0.0276. The molecule has 0 unspecified atom stereocenters. The minimum Gasteiger partial charge on any atom is -0.477 e. The SMILES string of the molecule is C#CCOc1c(C(=O)O)cnn1C. The zero-order chi connectivity index (χ0) is 9.84. The fraction of sp³-hybridized carbons (Fsp3) is 0.250. The second kappa shape index (κ2) is 3.63. The average molecular weight is 180 g/mol. The topological polar surface area (TPSA) is 64.3 Å². The molecule has 5 nitrogen and oxygen atoms in total. The largest absolute Gasteiger partial charge is 0.477 e. The highest BCUT2D eigenvalue weighted by molar-refractivity contribution is 5.89. The molecule has 0 aliphatic heterocycles. The number of ether oxygens (including phenoxy) is 1. The van der Waals surface area contributed by atoms with E-state index < -0.39 is 5.97 Å². The van der Waals surface area contributed by atoms with Crippen LogP contribution < -0.4 is 4.74 Å². The summed E-state index contributed by atoms with van der Waals surface area (Å²) in [5.41, 5.74) is 0.0118.